The Kier molecular flexibility index (Phi) is 5.32. The molecule has 0 atom stereocenters. The Labute approximate surface area is 153 Å². The molecule has 2 aromatic carbocycles. The van der Waals surface area contributed by atoms with Crippen LogP contribution in [0.5, 0.6) is 17.2 Å². The van der Waals surface area contributed by atoms with E-state index in [4.69, 9.17) is 14.7 Å². The fraction of sp³-hybridized carbons (Fsp3) is 0.350. The molecule has 0 aromatic heterocycles. The van der Waals surface area contributed by atoms with E-state index in [0.717, 1.165) is 42.1 Å². The predicted molar refractivity (Wildman–Crippen MR) is 99.6 cm³/mol. The fourth-order valence-electron chi connectivity index (χ4n) is 3.48. The lowest BCUT2D eigenvalue weighted by molar-refractivity contribution is 0.241. The van der Waals surface area contributed by atoms with Crippen LogP contribution in [0.2, 0.25) is 0 Å². The monoisotopic (exact) mass is 356 g/mol. The van der Waals surface area contributed by atoms with Gasteiger partial charge in [0.15, 0.2) is 11.5 Å². The first-order valence-electron chi connectivity index (χ1n) is 8.51. The second kappa shape index (κ2) is 7.66. The lowest BCUT2D eigenvalue weighted by Gasteiger charge is -2.30. The number of rotatable bonds is 5. The first-order chi connectivity index (χ1) is 12.5. The van der Waals surface area contributed by atoms with E-state index < -0.39 is 0 Å². The third-order valence-corrected chi connectivity index (χ3v) is 4.75. The fourth-order valence-corrected chi connectivity index (χ4v) is 3.48. The van der Waals surface area contributed by atoms with Gasteiger partial charge >= 0.3 is 0 Å². The number of ether oxygens (including phenoxy) is 2. The number of fused-ring (bicyclic) bond motifs is 1. The molecule has 2 N–H and O–H groups in total. The van der Waals surface area contributed by atoms with E-state index in [1.165, 1.54) is 17.3 Å². The van der Waals surface area contributed by atoms with E-state index in [2.05, 4.69) is 10.1 Å². The average molecular weight is 356 g/mol. The molecule has 6 nitrogen and oxygen atoms in total. The number of hydrogen-bond acceptors (Lipinski definition) is 6. The van der Waals surface area contributed by atoms with Gasteiger partial charge in [-0.05, 0) is 48.2 Å². The molecule has 0 bridgehead atoms. The van der Waals surface area contributed by atoms with Crippen molar-refractivity contribution in [2.75, 3.05) is 20.8 Å². The van der Waals surface area contributed by atoms with Gasteiger partial charge < -0.3 is 19.8 Å². The lowest BCUT2D eigenvalue weighted by Crippen LogP contribution is -2.30. The summed E-state index contributed by atoms with van der Waals surface area (Å²) in [5, 5.41) is 22.3. The van der Waals surface area contributed by atoms with E-state index in [9.17, 15) is 5.11 Å². The van der Waals surface area contributed by atoms with Gasteiger partial charge in [0, 0.05) is 30.8 Å². The van der Waals surface area contributed by atoms with Crippen LogP contribution in [0, 0.1) is 6.92 Å². The molecule has 26 heavy (non-hydrogen) atoms. The summed E-state index contributed by atoms with van der Waals surface area (Å²) in [5.74, 6) is 1.64. The maximum absolute atomic E-state index is 10.5. The van der Waals surface area contributed by atoms with Crippen LogP contribution in [0.3, 0.4) is 0 Å². The van der Waals surface area contributed by atoms with Crippen LogP contribution < -0.4 is 9.47 Å². The molecule has 0 unspecified atom stereocenters. The molecule has 1 aliphatic rings. The zero-order valence-electron chi connectivity index (χ0n) is 15.3. The summed E-state index contributed by atoms with van der Waals surface area (Å²) in [4.78, 5) is 2.28. The molecule has 0 spiro atoms. The molecule has 0 amide bonds. The topological polar surface area (TPSA) is 74.5 Å². The maximum Gasteiger partial charge on any atom is 0.161 e. The van der Waals surface area contributed by atoms with Crippen molar-refractivity contribution >= 4 is 6.21 Å². The Morgan fingerprint density at radius 1 is 1.12 bits per heavy atom. The molecule has 2 aromatic rings. The van der Waals surface area contributed by atoms with Crippen LogP contribution in [0.15, 0.2) is 29.4 Å². The minimum absolute atomic E-state index is 0.159. The van der Waals surface area contributed by atoms with Gasteiger partial charge in [0.05, 0.1) is 20.4 Å². The van der Waals surface area contributed by atoms with Crippen LogP contribution >= 0.6 is 0 Å². The van der Waals surface area contributed by atoms with Gasteiger partial charge in [-0.25, -0.2) is 0 Å². The first kappa shape index (κ1) is 18.1. The quantitative estimate of drug-likeness (QED) is 0.489. The lowest BCUT2D eigenvalue weighted by atomic mass is 9.97. The molecule has 138 valence electrons. The zero-order chi connectivity index (χ0) is 18.7. The summed E-state index contributed by atoms with van der Waals surface area (Å²) in [5.41, 5.74) is 4.82. The summed E-state index contributed by atoms with van der Waals surface area (Å²) in [6.45, 7) is 4.24. The third kappa shape index (κ3) is 3.60. The van der Waals surface area contributed by atoms with E-state index in [-0.39, 0.29) is 5.75 Å². The molecule has 1 aliphatic heterocycles. The van der Waals surface area contributed by atoms with Crippen molar-refractivity contribution in [2.24, 2.45) is 5.16 Å². The number of oxime groups is 1. The van der Waals surface area contributed by atoms with E-state index in [1.807, 2.05) is 25.1 Å². The summed E-state index contributed by atoms with van der Waals surface area (Å²) >= 11 is 0. The van der Waals surface area contributed by atoms with Gasteiger partial charge in [0.2, 0.25) is 0 Å². The highest BCUT2D eigenvalue weighted by atomic mass is 16.5. The van der Waals surface area contributed by atoms with Crippen molar-refractivity contribution in [1.29, 1.82) is 0 Å². The van der Waals surface area contributed by atoms with Crippen LogP contribution in [-0.4, -0.2) is 42.2 Å². The molecular weight excluding hydrogens is 332 g/mol. The molecule has 0 saturated carbocycles. The highest BCUT2D eigenvalue weighted by Crippen LogP contribution is 2.34. The number of hydrogen-bond donors (Lipinski definition) is 2. The minimum Gasteiger partial charge on any atom is -0.507 e. The maximum atomic E-state index is 10.5. The summed E-state index contributed by atoms with van der Waals surface area (Å²) in [6, 6.07) is 7.83. The summed E-state index contributed by atoms with van der Waals surface area (Å²) in [6.07, 6.45) is 2.17. The first-order valence-corrected chi connectivity index (χ1v) is 8.51. The summed E-state index contributed by atoms with van der Waals surface area (Å²) < 4.78 is 10.8. The van der Waals surface area contributed by atoms with Crippen molar-refractivity contribution in [3.05, 3.63) is 52.1 Å². The minimum atomic E-state index is 0.159. The average Bonchev–Trinajstić information content (AvgIpc) is 2.64. The Morgan fingerprint density at radius 3 is 2.46 bits per heavy atom. The van der Waals surface area contributed by atoms with Gasteiger partial charge in [0.1, 0.15) is 5.75 Å². The van der Waals surface area contributed by atoms with Gasteiger partial charge in [-0.2, -0.15) is 0 Å². The number of methoxy groups -OCH3 is 2. The SMILES string of the molecule is COc1cc2c(cc1OC)CN(Cc1cc(C)cc(/C=N/O)c1O)CC2. The molecule has 0 radical (unpaired) electrons. The Hall–Kier alpha value is -2.73. The Balaban J connectivity index is 1.84. The molecule has 1 heterocycles. The molecule has 0 saturated heterocycles. The second-order valence-corrected chi connectivity index (χ2v) is 6.54. The zero-order valence-corrected chi connectivity index (χ0v) is 15.3. The van der Waals surface area contributed by atoms with E-state index in [0.29, 0.717) is 12.1 Å². The predicted octanol–water partition coefficient (Wildman–Crippen LogP) is 3.08. The van der Waals surface area contributed by atoms with Crippen molar-refractivity contribution in [2.45, 2.75) is 26.4 Å². The van der Waals surface area contributed by atoms with Crippen LogP contribution in [-0.2, 0) is 19.5 Å². The number of benzene rings is 2. The number of aromatic hydroxyl groups is 1. The van der Waals surface area contributed by atoms with Gasteiger partial charge in [-0.3, -0.25) is 4.90 Å². The summed E-state index contributed by atoms with van der Waals surface area (Å²) in [7, 11) is 3.28. The van der Waals surface area contributed by atoms with Crippen molar-refractivity contribution in [1.82, 2.24) is 4.90 Å². The Morgan fingerprint density at radius 2 is 1.81 bits per heavy atom. The number of nitrogens with zero attached hydrogens (tertiary/aromatic N) is 2. The second-order valence-electron chi connectivity index (χ2n) is 6.54. The third-order valence-electron chi connectivity index (χ3n) is 4.75. The van der Waals surface area contributed by atoms with Gasteiger partial charge in [-0.15, -0.1) is 0 Å². The van der Waals surface area contributed by atoms with Crippen LogP contribution in [0.1, 0.15) is 27.8 Å². The van der Waals surface area contributed by atoms with Gasteiger partial charge in [0.25, 0.3) is 0 Å². The highest BCUT2D eigenvalue weighted by Gasteiger charge is 2.21. The van der Waals surface area contributed by atoms with Gasteiger partial charge in [-0.1, -0.05) is 11.2 Å². The highest BCUT2D eigenvalue weighted by molar-refractivity contribution is 5.84. The number of phenols is 1. The molecule has 0 fully saturated rings. The molecule has 6 heteroatoms. The van der Waals surface area contributed by atoms with Crippen molar-refractivity contribution < 1.29 is 19.8 Å². The van der Waals surface area contributed by atoms with Crippen LogP contribution in [0.4, 0.5) is 0 Å². The molecular formula is C20H24N2O4. The molecule has 3 rings (SSSR count). The number of phenolic OH excluding ortho intramolecular Hbond substituents is 1. The van der Waals surface area contributed by atoms with Crippen molar-refractivity contribution in [3.63, 3.8) is 0 Å². The largest absolute Gasteiger partial charge is 0.507 e. The molecule has 0 aliphatic carbocycles. The van der Waals surface area contributed by atoms with E-state index in [1.54, 1.807) is 20.3 Å². The van der Waals surface area contributed by atoms with Crippen molar-refractivity contribution in [3.8, 4) is 17.2 Å². The van der Waals surface area contributed by atoms with Crippen LogP contribution in [0.25, 0.3) is 0 Å². The smallest absolute Gasteiger partial charge is 0.161 e. The standard InChI is InChI=1S/C20H24N2O4/c1-13-6-15(10-21-24)20(23)17(7-13)12-22-5-4-14-8-18(25-2)19(26-3)9-16(14)11-22/h6-10,23-24H,4-5,11-12H2,1-3H3/b21-10+. The normalized spacial score (nSPS) is 14.4. The number of aryl methyl sites for hydroxylation is 1. The van der Waals surface area contributed by atoms with E-state index >= 15 is 0 Å². The Bertz CT molecular complexity index is 833.